The number of ether oxygens (including phenoxy) is 2. The highest BCUT2D eigenvalue weighted by Crippen LogP contribution is 2.37. The SMILES string of the molecule is COc1cc(C(=O)Nc2cccnc2)cc(Br)c1OCc1ccccc1. The van der Waals surface area contributed by atoms with E-state index in [1.807, 2.05) is 30.3 Å². The van der Waals surface area contributed by atoms with E-state index in [9.17, 15) is 4.79 Å². The van der Waals surface area contributed by atoms with Crippen molar-refractivity contribution in [1.29, 1.82) is 0 Å². The molecule has 0 aliphatic carbocycles. The molecule has 3 aromatic rings. The lowest BCUT2D eigenvalue weighted by Gasteiger charge is -2.14. The minimum Gasteiger partial charge on any atom is -0.493 e. The molecule has 3 rings (SSSR count). The second-order valence-electron chi connectivity index (χ2n) is 5.46. The van der Waals surface area contributed by atoms with Gasteiger partial charge in [0.25, 0.3) is 5.91 Å². The minimum absolute atomic E-state index is 0.258. The summed E-state index contributed by atoms with van der Waals surface area (Å²) >= 11 is 3.47. The zero-order valence-corrected chi connectivity index (χ0v) is 15.7. The van der Waals surface area contributed by atoms with Crippen LogP contribution in [-0.4, -0.2) is 18.0 Å². The summed E-state index contributed by atoms with van der Waals surface area (Å²) in [7, 11) is 1.54. The number of aromatic nitrogens is 1. The summed E-state index contributed by atoms with van der Waals surface area (Å²) in [6, 6.07) is 16.7. The van der Waals surface area contributed by atoms with Crippen LogP contribution in [0.5, 0.6) is 11.5 Å². The molecule has 0 aliphatic heterocycles. The van der Waals surface area contributed by atoms with Crippen molar-refractivity contribution < 1.29 is 14.3 Å². The molecule has 0 saturated carbocycles. The van der Waals surface area contributed by atoms with Crippen molar-refractivity contribution in [2.75, 3.05) is 12.4 Å². The fourth-order valence-electron chi connectivity index (χ4n) is 2.36. The van der Waals surface area contributed by atoms with Crippen LogP contribution in [-0.2, 0) is 6.61 Å². The molecule has 0 bridgehead atoms. The molecule has 2 aromatic carbocycles. The number of amides is 1. The van der Waals surface area contributed by atoms with Gasteiger partial charge < -0.3 is 14.8 Å². The van der Waals surface area contributed by atoms with Crippen LogP contribution in [0.15, 0.2) is 71.5 Å². The number of carbonyl (C=O) groups excluding carboxylic acids is 1. The summed E-state index contributed by atoms with van der Waals surface area (Å²) < 4.78 is 11.9. The normalized spacial score (nSPS) is 10.2. The van der Waals surface area contributed by atoms with E-state index in [1.165, 1.54) is 0 Å². The average Bonchev–Trinajstić information content (AvgIpc) is 2.68. The molecule has 1 amide bonds. The molecule has 26 heavy (non-hydrogen) atoms. The number of methoxy groups -OCH3 is 1. The number of nitrogens with one attached hydrogen (secondary N) is 1. The van der Waals surface area contributed by atoms with Gasteiger partial charge in [-0.05, 0) is 45.8 Å². The molecule has 132 valence electrons. The topological polar surface area (TPSA) is 60.5 Å². The van der Waals surface area contributed by atoms with Gasteiger partial charge in [0, 0.05) is 11.8 Å². The Morgan fingerprint density at radius 1 is 1.15 bits per heavy atom. The molecule has 0 saturated heterocycles. The van der Waals surface area contributed by atoms with Crippen molar-refractivity contribution >= 4 is 27.5 Å². The van der Waals surface area contributed by atoms with Gasteiger partial charge in [0.2, 0.25) is 0 Å². The van der Waals surface area contributed by atoms with Gasteiger partial charge in [-0.2, -0.15) is 0 Å². The monoisotopic (exact) mass is 412 g/mol. The Kier molecular flexibility index (Phi) is 5.86. The first-order valence-corrected chi connectivity index (χ1v) is 8.72. The number of hydrogen-bond donors (Lipinski definition) is 1. The van der Waals surface area contributed by atoms with Gasteiger partial charge in [-0.25, -0.2) is 0 Å². The van der Waals surface area contributed by atoms with Gasteiger partial charge in [0.05, 0.1) is 23.5 Å². The number of benzene rings is 2. The van der Waals surface area contributed by atoms with E-state index in [1.54, 1.807) is 43.8 Å². The summed E-state index contributed by atoms with van der Waals surface area (Å²) in [6.07, 6.45) is 3.23. The number of nitrogens with zero attached hydrogens (tertiary/aromatic N) is 1. The molecule has 0 aliphatic rings. The Morgan fingerprint density at radius 3 is 2.65 bits per heavy atom. The third-order valence-electron chi connectivity index (χ3n) is 3.64. The van der Waals surface area contributed by atoms with Crippen LogP contribution in [0.2, 0.25) is 0 Å². The maximum atomic E-state index is 12.5. The van der Waals surface area contributed by atoms with Gasteiger partial charge in [-0.3, -0.25) is 9.78 Å². The highest BCUT2D eigenvalue weighted by Gasteiger charge is 2.16. The predicted octanol–water partition coefficient (Wildman–Crippen LogP) is 4.68. The summed E-state index contributed by atoms with van der Waals surface area (Å²) in [5, 5.41) is 2.80. The van der Waals surface area contributed by atoms with Crippen LogP contribution >= 0.6 is 15.9 Å². The van der Waals surface area contributed by atoms with Crippen molar-refractivity contribution in [3.63, 3.8) is 0 Å². The van der Waals surface area contributed by atoms with Crippen LogP contribution in [0.3, 0.4) is 0 Å². The Morgan fingerprint density at radius 2 is 1.96 bits per heavy atom. The lowest BCUT2D eigenvalue weighted by molar-refractivity contribution is 0.102. The van der Waals surface area contributed by atoms with Crippen molar-refractivity contribution in [3.8, 4) is 11.5 Å². The van der Waals surface area contributed by atoms with Crippen LogP contribution in [0.25, 0.3) is 0 Å². The molecule has 0 radical (unpaired) electrons. The molecule has 1 heterocycles. The van der Waals surface area contributed by atoms with Gasteiger partial charge in [-0.15, -0.1) is 0 Å². The second-order valence-corrected chi connectivity index (χ2v) is 6.31. The molecule has 6 heteroatoms. The summed E-state index contributed by atoms with van der Waals surface area (Å²) in [4.78, 5) is 16.5. The lowest BCUT2D eigenvalue weighted by Crippen LogP contribution is -2.12. The highest BCUT2D eigenvalue weighted by molar-refractivity contribution is 9.10. The third-order valence-corrected chi connectivity index (χ3v) is 4.23. The number of rotatable bonds is 6. The number of pyridine rings is 1. The van der Waals surface area contributed by atoms with Gasteiger partial charge in [-0.1, -0.05) is 30.3 Å². The number of anilines is 1. The molecule has 0 unspecified atom stereocenters. The van der Waals surface area contributed by atoms with Crippen molar-refractivity contribution in [3.05, 3.63) is 82.6 Å². The van der Waals surface area contributed by atoms with E-state index in [-0.39, 0.29) is 5.91 Å². The molecule has 1 N–H and O–H groups in total. The van der Waals surface area contributed by atoms with Crippen LogP contribution in [0.1, 0.15) is 15.9 Å². The maximum absolute atomic E-state index is 12.5. The zero-order chi connectivity index (χ0) is 18.4. The number of carbonyl (C=O) groups is 1. The van der Waals surface area contributed by atoms with E-state index in [2.05, 4.69) is 26.2 Å². The number of halogens is 1. The molecule has 5 nitrogen and oxygen atoms in total. The Hall–Kier alpha value is -2.86. The van der Waals surface area contributed by atoms with Crippen molar-refractivity contribution in [2.24, 2.45) is 0 Å². The molecule has 0 spiro atoms. The average molecular weight is 413 g/mol. The van der Waals surface area contributed by atoms with Gasteiger partial charge >= 0.3 is 0 Å². The minimum atomic E-state index is -0.258. The van der Waals surface area contributed by atoms with Crippen molar-refractivity contribution in [2.45, 2.75) is 6.61 Å². The summed E-state index contributed by atoms with van der Waals surface area (Å²) in [5.74, 6) is 0.771. The fraction of sp³-hybridized carbons (Fsp3) is 0.100. The van der Waals surface area contributed by atoms with Crippen molar-refractivity contribution in [1.82, 2.24) is 4.98 Å². The van der Waals surface area contributed by atoms with E-state index in [0.29, 0.717) is 33.8 Å². The lowest BCUT2D eigenvalue weighted by atomic mass is 10.2. The standard InChI is InChI=1S/C20H17BrN2O3/c1-25-18-11-15(20(24)23-16-8-5-9-22-12-16)10-17(21)19(18)26-13-14-6-3-2-4-7-14/h2-12H,13H2,1H3,(H,23,24). The second kappa shape index (κ2) is 8.49. The first kappa shape index (κ1) is 17.9. The molecule has 1 aromatic heterocycles. The maximum Gasteiger partial charge on any atom is 0.255 e. The summed E-state index contributed by atoms with van der Waals surface area (Å²) in [5.41, 5.74) is 2.11. The van der Waals surface area contributed by atoms with Gasteiger partial charge in [0.1, 0.15) is 6.61 Å². The van der Waals surface area contributed by atoms with Crippen LogP contribution in [0.4, 0.5) is 5.69 Å². The third kappa shape index (κ3) is 4.40. The largest absolute Gasteiger partial charge is 0.493 e. The summed E-state index contributed by atoms with van der Waals surface area (Å²) in [6.45, 7) is 0.400. The highest BCUT2D eigenvalue weighted by atomic mass is 79.9. The van der Waals surface area contributed by atoms with E-state index >= 15 is 0 Å². The quantitative estimate of drug-likeness (QED) is 0.638. The first-order chi connectivity index (χ1) is 12.7. The van der Waals surface area contributed by atoms with Crippen LogP contribution in [0, 0.1) is 0 Å². The Balaban J connectivity index is 1.79. The predicted molar refractivity (Wildman–Crippen MR) is 104 cm³/mol. The smallest absolute Gasteiger partial charge is 0.255 e. The Bertz CT molecular complexity index is 886. The molecule has 0 atom stereocenters. The molecular weight excluding hydrogens is 396 g/mol. The first-order valence-electron chi connectivity index (χ1n) is 7.93. The van der Waals surface area contributed by atoms with E-state index < -0.39 is 0 Å². The number of hydrogen-bond acceptors (Lipinski definition) is 4. The van der Waals surface area contributed by atoms with Gasteiger partial charge in [0.15, 0.2) is 11.5 Å². The molecular formula is C20H17BrN2O3. The molecule has 0 fully saturated rings. The van der Waals surface area contributed by atoms with E-state index in [4.69, 9.17) is 9.47 Å². The van der Waals surface area contributed by atoms with E-state index in [0.717, 1.165) is 5.56 Å². The fourth-order valence-corrected chi connectivity index (χ4v) is 2.92. The van der Waals surface area contributed by atoms with Crippen LogP contribution < -0.4 is 14.8 Å². The Labute approximate surface area is 160 Å². The zero-order valence-electron chi connectivity index (χ0n) is 14.1.